The van der Waals surface area contributed by atoms with Gasteiger partial charge in [0.25, 0.3) is 0 Å². The maximum absolute atomic E-state index is 14.5. The van der Waals surface area contributed by atoms with Crippen molar-refractivity contribution < 1.29 is 43.5 Å². The molecule has 1 saturated heterocycles. The molecule has 22 nitrogen and oxygen atoms in total. The molecule has 70 heavy (non-hydrogen) atoms. The van der Waals surface area contributed by atoms with Crippen LogP contribution in [0.5, 0.6) is 0 Å². The summed E-state index contributed by atoms with van der Waals surface area (Å²) in [7, 11) is 2.36. The third-order valence-electron chi connectivity index (χ3n) is 11.3. The Morgan fingerprint density at radius 3 is 2.07 bits per heavy atom. The zero-order chi connectivity index (χ0) is 51.4. The molecule has 2 heterocycles. The zero-order valence-corrected chi connectivity index (χ0v) is 41.2. The molecule has 1 aromatic heterocycles. The molecule has 0 spiro atoms. The Bertz CT molecular complexity index is 2310. The SMILES string of the molecule is CC(=O)N[C@@H](CCCCN)C(=O)N[C@H]1CCSSC(C)(C)[C@@H](C(N)=O)NC(=O)[C@H](Cc2c[nH]c3ccccc23)NC(=O)[C@H](CCCN=C(N)N)NC(=O)[C@@H](Cc2ccccc2)NC(=O)[C@H](CO)NC1=O. The number of benzene rings is 2. The average molecular weight is 1010 g/mol. The van der Waals surface area contributed by atoms with Crippen molar-refractivity contribution >= 4 is 85.7 Å². The lowest BCUT2D eigenvalue weighted by molar-refractivity contribution is -0.136. The van der Waals surface area contributed by atoms with Gasteiger partial charge in [-0.3, -0.25) is 43.3 Å². The van der Waals surface area contributed by atoms with Crippen molar-refractivity contribution in [2.24, 2.45) is 27.9 Å². The van der Waals surface area contributed by atoms with Gasteiger partial charge in [-0.25, -0.2) is 0 Å². The van der Waals surface area contributed by atoms with Crippen LogP contribution in [-0.4, -0.2) is 136 Å². The number of fused-ring (bicyclic) bond motifs is 1. The van der Waals surface area contributed by atoms with Gasteiger partial charge in [-0.2, -0.15) is 0 Å². The van der Waals surface area contributed by atoms with Crippen LogP contribution in [0.3, 0.4) is 0 Å². The van der Waals surface area contributed by atoms with Crippen molar-refractivity contribution in [1.82, 2.24) is 42.2 Å². The number of hydrogen-bond acceptors (Lipinski definition) is 13. The summed E-state index contributed by atoms with van der Waals surface area (Å²) in [5.74, 6) is -6.33. The number of carbonyl (C=O) groups is 8. The monoisotopic (exact) mass is 1010 g/mol. The Hall–Kier alpha value is -6.37. The fraction of sp³-hybridized carbons (Fsp3) is 0.500. The molecule has 0 saturated carbocycles. The lowest BCUT2D eigenvalue weighted by atomic mass is 9.99. The van der Waals surface area contributed by atoms with Crippen LogP contribution in [-0.2, 0) is 51.2 Å². The molecule has 1 aliphatic rings. The van der Waals surface area contributed by atoms with Gasteiger partial charge in [0, 0.05) is 53.9 Å². The van der Waals surface area contributed by atoms with E-state index in [0.717, 1.165) is 21.7 Å². The Labute approximate surface area is 414 Å². The fourth-order valence-corrected chi connectivity index (χ4v) is 10.4. The molecule has 0 unspecified atom stereocenters. The van der Waals surface area contributed by atoms with E-state index in [0.29, 0.717) is 30.5 Å². The van der Waals surface area contributed by atoms with Crippen LogP contribution in [0.4, 0.5) is 0 Å². The normalized spacial score (nSPS) is 22.4. The van der Waals surface area contributed by atoms with E-state index >= 15 is 0 Å². The first-order valence-electron chi connectivity index (χ1n) is 23.0. The average Bonchev–Trinajstić information content (AvgIpc) is 3.72. The summed E-state index contributed by atoms with van der Waals surface area (Å²) in [5, 5.41) is 30.0. The van der Waals surface area contributed by atoms with E-state index in [-0.39, 0.29) is 56.8 Å². The number of aliphatic hydroxyl groups is 1. The summed E-state index contributed by atoms with van der Waals surface area (Å²) in [5.41, 5.74) is 24.7. The van der Waals surface area contributed by atoms with Crippen LogP contribution in [0.1, 0.15) is 70.4 Å². The van der Waals surface area contributed by atoms with E-state index in [1.165, 1.54) is 17.7 Å². The molecule has 1 fully saturated rings. The minimum Gasteiger partial charge on any atom is -0.394 e. The summed E-state index contributed by atoms with van der Waals surface area (Å²) >= 11 is 0. The highest BCUT2D eigenvalue weighted by Crippen LogP contribution is 2.39. The number of carbonyl (C=O) groups excluding carboxylic acids is 8. The molecule has 7 atom stereocenters. The first-order valence-corrected chi connectivity index (χ1v) is 25.3. The van der Waals surface area contributed by atoms with Gasteiger partial charge in [0.1, 0.15) is 42.3 Å². The van der Waals surface area contributed by atoms with Crippen LogP contribution in [0, 0.1) is 0 Å². The highest BCUT2D eigenvalue weighted by Gasteiger charge is 2.39. The van der Waals surface area contributed by atoms with Crippen LogP contribution in [0.2, 0.25) is 0 Å². The van der Waals surface area contributed by atoms with Crippen LogP contribution < -0.4 is 60.2 Å². The van der Waals surface area contributed by atoms with E-state index in [9.17, 15) is 43.5 Å². The second-order valence-corrected chi connectivity index (χ2v) is 20.4. The molecule has 1 aliphatic heterocycles. The van der Waals surface area contributed by atoms with Gasteiger partial charge < -0.3 is 70.2 Å². The zero-order valence-electron chi connectivity index (χ0n) is 39.6. The number of nitrogens with two attached hydrogens (primary N) is 4. The molecule has 0 bridgehead atoms. The highest BCUT2D eigenvalue weighted by molar-refractivity contribution is 8.77. The summed E-state index contributed by atoms with van der Waals surface area (Å²) in [4.78, 5) is 118. The molecule has 17 N–H and O–H groups in total. The van der Waals surface area contributed by atoms with Gasteiger partial charge in [-0.05, 0) is 76.1 Å². The Balaban J connectivity index is 1.79. The first kappa shape index (κ1) is 56.2. The molecular weight excluding hydrogens is 943 g/mol. The van der Waals surface area contributed by atoms with Crippen LogP contribution >= 0.6 is 21.6 Å². The molecule has 3 aromatic rings. The lowest BCUT2D eigenvalue weighted by Gasteiger charge is -2.33. The highest BCUT2D eigenvalue weighted by atomic mass is 33.1. The first-order chi connectivity index (χ1) is 33.3. The van der Waals surface area contributed by atoms with E-state index in [1.54, 1.807) is 50.4 Å². The molecular formula is C46H67N13O9S2. The molecule has 0 radical (unpaired) electrons. The number of amides is 8. The number of guanidine groups is 1. The smallest absolute Gasteiger partial charge is 0.245 e. The van der Waals surface area contributed by atoms with Gasteiger partial charge in [0.05, 0.1) is 6.61 Å². The van der Waals surface area contributed by atoms with Gasteiger partial charge >= 0.3 is 0 Å². The quantitative estimate of drug-likeness (QED) is 0.0320. The topological polar surface area (TPSA) is 373 Å². The lowest BCUT2D eigenvalue weighted by Crippen LogP contribution is -2.62. The van der Waals surface area contributed by atoms with Gasteiger partial charge in [-0.15, -0.1) is 0 Å². The van der Waals surface area contributed by atoms with E-state index < -0.39 is 101 Å². The third kappa shape index (κ3) is 17.5. The number of rotatable bonds is 17. The molecule has 4 rings (SSSR count). The number of nitrogens with one attached hydrogen (secondary N) is 8. The molecule has 0 aliphatic carbocycles. The summed E-state index contributed by atoms with van der Waals surface area (Å²) in [6, 6.07) is 6.56. The third-order valence-corrected chi connectivity index (χ3v) is 14.7. The Kier molecular flexibility index (Phi) is 22.3. The summed E-state index contributed by atoms with van der Waals surface area (Å²) in [6.45, 7) is 4.09. The van der Waals surface area contributed by atoms with Gasteiger partial charge in [-0.1, -0.05) is 70.1 Å². The molecule has 382 valence electrons. The van der Waals surface area contributed by atoms with Gasteiger partial charge in [0.15, 0.2) is 5.96 Å². The summed E-state index contributed by atoms with van der Waals surface area (Å²) in [6.07, 6.45) is 2.86. The number of aromatic amines is 1. The van der Waals surface area contributed by atoms with Crippen molar-refractivity contribution in [1.29, 1.82) is 0 Å². The predicted molar refractivity (Wildman–Crippen MR) is 269 cm³/mol. The number of aliphatic imine (C=N–C) groups is 1. The predicted octanol–water partition coefficient (Wildman–Crippen LogP) is -1.41. The number of primary amides is 1. The number of nitrogens with zero attached hydrogens (tertiary/aromatic N) is 1. The maximum atomic E-state index is 14.5. The standard InChI is InChI=1S/C46H67N13O9S2/c1-26(61)53-31(16-9-10-19-47)39(63)55-33-18-21-69-70-46(2,3)37(38(48)62)59-43(67)35(23-28-24-52-30-15-8-7-14-29(28)30)57-40(64)32(17-11-20-51-45(49)50)54-42(66)34(22-27-12-5-4-6-13-27)56-44(68)36(25-60)58-41(33)65/h4-8,12-15,24,31-37,52,60H,9-11,16-23,25,47H2,1-3H3,(H2,48,62)(H,53,61)(H,54,66)(H,55,63)(H,56,68)(H,57,64)(H,58,65)(H,59,67)(H4,49,50,51)/t31-,32-,33-,34+,35-,36-,37+/m0/s1. The van der Waals surface area contributed by atoms with Crippen molar-refractivity contribution in [3.63, 3.8) is 0 Å². The van der Waals surface area contributed by atoms with E-state index in [4.69, 9.17) is 22.9 Å². The van der Waals surface area contributed by atoms with Gasteiger partial charge in [0.2, 0.25) is 47.3 Å². The second-order valence-electron chi connectivity index (χ2n) is 17.4. The van der Waals surface area contributed by atoms with Crippen molar-refractivity contribution in [2.45, 2.75) is 119 Å². The molecule has 24 heteroatoms. The van der Waals surface area contributed by atoms with E-state index in [2.05, 4.69) is 47.2 Å². The number of aromatic nitrogens is 1. The Morgan fingerprint density at radius 2 is 1.41 bits per heavy atom. The van der Waals surface area contributed by atoms with Crippen LogP contribution in [0.15, 0.2) is 65.8 Å². The fourth-order valence-electron chi connectivity index (χ4n) is 7.63. The summed E-state index contributed by atoms with van der Waals surface area (Å²) < 4.78 is -1.13. The van der Waals surface area contributed by atoms with Crippen LogP contribution in [0.25, 0.3) is 10.9 Å². The number of aliphatic hydroxyl groups excluding tert-OH is 1. The number of para-hydroxylation sites is 1. The molecule has 2 aromatic carbocycles. The Morgan fingerprint density at radius 1 is 0.800 bits per heavy atom. The minimum atomic E-state index is -1.64. The second kappa shape index (κ2) is 27.7. The number of H-pyrrole nitrogens is 1. The molecule has 8 amide bonds. The van der Waals surface area contributed by atoms with Crippen molar-refractivity contribution in [3.05, 3.63) is 71.9 Å². The maximum Gasteiger partial charge on any atom is 0.245 e. The number of unbranched alkanes of at least 4 members (excludes halogenated alkanes) is 1. The van der Waals surface area contributed by atoms with Crippen molar-refractivity contribution in [2.75, 3.05) is 25.4 Å². The van der Waals surface area contributed by atoms with E-state index in [1.807, 2.05) is 24.3 Å². The largest absolute Gasteiger partial charge is 0.394 e. The minimum absolute atomic E-state index is 0.0508. The number of hydrogen-bond donors (Lipinski definition) is 13. The van der Waals surface area contributed by atoms with Crippen molar-refractivity contribution in [3.8, 4) is 0 Å².